The molecule has 0 aromatic heterocycles. The van der Waals surface area contributed by atoms with Crippen molar-refractivity contribution >= 4 is 17.7 Å². The summed E-state index contributed by atoms with van der Waals surface area (Å²) in [5.74, 6) is 0.853. The maximum Gasteiger partial charge on any atom is 0.142 e. The third-order valence-electron chi connectivity index (χ3n) is 2.67. The van der Waals surface area contributed by atoms with Gasteiger partial charge in [0.1, 0.15) is 11.9 Å². The van der Waals surface area contributed by atoms with E-state index in [0.29, 0.717) is 0 Å². The van der Waals surface area contributed by atoms with Crippen LogP contribution in [0.15, 0.2) is 60.7 Å². The van der Waals surface area contributed by atoms with Crippen LogP contribution in [0.25, 0.3) is 6.08 Å². The summed E-state index contributed by atoms with van der Waals surface area (Å²) in [5.41, 5.74) is 2.08. The monoisotopic (exact) mass is 258 g/mol. The molecule has 1 atom stereocenters. The molecule has 0 bridgehead atoms. The van der Waals surface area contributed by atoms with E-state index in [9.17, 15) is 0 Å². The Morgan fingerprint density at radius 2 is 2.28 bits per heavy atom. The number of fused-ring (bicyclic) bond motifs is 1. The topological polar surface area (TPSA) is 9.23 Å². The Hall–Kier alpha value is -1.73. The van der Waals surface area contributed by atoms with Gasteiger partial charge in [0.25, 0.3) is 0 Å². The second-order valence-corrected chi connectivity index (χ2v) is 4.42. The predicted octanol–water partition coefficient (Wildman–Crippen LogP) is 4.80. The molecule has 1 aliphatic heterocycles. The van der Waals surface area contributed by atoms with Crippen molar-refractivity contribution in [2.24, 2.45) is 0 Å². The van der Waals surface area contributed by atoms with Crippen LogP contribution in [0.2, 0.25) is 5.02 Å². The molecule has 0 spiro atoms. The molecule has 1 unspecified atom stereocenters. The van der Waals surface area contributed by atoms with E-state index in [4.69, 9.17) is 16.3 Å². The lowest BCUT2D eigenvalue weighted by Crippen LogP contribution is -2.18. The fraction of sp³-hybridized carbons (Fsp3) is 0.125. The Labute approximate surface area is 113 Å². The van der Waals surface area contributed by atoms with Crippen LogP contribution in [0.4, 0.5) is 0 Å². The summed E-state index contributed by atoms with van der Waals surface area (Å²) in [7, 11) is 0. The van der Waals surface area contributed by atoms with Crippen molar-refractivity contribution in [1.82, 2.24) is 0 Å². The van der Waals surface area contributed by atoms with E-state index in [1.807, 2.05) is 55.5 Å². The van der Waals surface area contributed by atoms with Gasteiger partial charge in [-0.3, -0.25) is 0 Å². The van der Waals surface area contributed by atoms with Gasteiger partial charge in [-0.25, -0.2) is 0 Å². The van der Waals surface area contributed by atoms with Crippen LogP contribution in [0.5, 0.6) is 5.75 Å². The zero-order valence-electron chi connectivity index (χ0n) is 10.3. The fourth-order valence-electron chi connectivity index (χ4n) is 1.88. The predicted molar refractivity (Wildman–Crippen MR) is 78.0 cm³/mol. The Morgan fingerprint density at radius 3 is 3.00 bits per heavy atom. The number of hydrogen-bond donors (Lipinski definition) is 0. The summed E-state index contributed by atoms with van der Waals surface area (Å²) < 4.78 is 5.94. The van der Waals surface area contributed by atoms with Crippen molar-refractivity contribution in [2.45, 2.75) is 13.0 Å². The van der Waals surface area contributed by atoms with Crippen molar-refractivity contribution in [3.8, 4) is 5.75 Å². The number of halogens is 1. The molecule has 0 N–H and O–H groups in total. The number of rotatable bonds is 3. The zero-order valence-corrected chi connectivity index (χ0v) is 11.0. The van der Waals surface area contributed by atoms with Gasteiger partial charge in [-0.1, -0.05) is 48.6 Å². The highest BCUT2D eigenvalue weighted by Gasteiger charge is 2.16. The lowest BCUT2D eigenvalue weighted by molar-refractivity contribution is 0.284. The average molecular weight is 259 g/mol. The maximum atomic E-state index is 5.95. The molecule has 2 rings (SSSR count). The normalized spacial score (nSPS) is 18.6. The molecule has 1 heterocycles. The van der Waals surface area contributed by atoms with E-state index in [1.54, 1.807) is 6.08 Å². The van der Waals surface area contributed by atoms with Gasteiger partial charge in [0.2, 0.25) is 0 Å². The van der Waals surface area contributed by atoms with Crippen LogP contribution in [0.3, 0.4) is 0 Å². The molecule has 2 heteroatoms. The maximum absolute atomic E-state index is 5.95. The first-order valence-corrected chi connectivity index (χ1v) is 6.22. The third kappa shape index (κ3) is 2.74. The Bertz CT molecular complexity index is 538. The van der Waals surface area contributed by atoms with Crippen LogP contribution in [0.1, 0.15) is 12.5 Å². The highest BCUT2D eigenvalue weighted by Crippen LogP contribution is 2.30. The lowest BCUT2D eigenvalue weighted by Gasteiger charge is -2.22. The largest absolute Gasteiger partial charge is 0.481 e. The third-order valence-corrected chi connectivity index (χ3v) is 2.91. The standard InChI is InChI=1S/C16H15ClO/c1-3-5-12(6-4-2)15-9-7-13-11-14(17)8-10-16(13)18-15/h3-11,15H,1H2,2H3/b6-4-,12-5+. The molecular weight excluding hydrogens is 244 g/mol. The molecule has 0 radical (unpaired) electrons. The lowest BCUT2D eigenvalue weighted by atomic mass is 10.0. The molecule has 1 aliphatic rings. The van der Waals surface area contributed by atoms with Crippen LogP contribution < -0.4 is 4.74 Å². The van der Waals surface area contributed by atoms with Crippen LogP contribution in [-0.4, -0.2) is 6.10 Å². The minimum Gasteiger partial charge on any atom is -0.481 e. The zero-order chi connectivity index (χ0) is 13.0. The van der Waals surface area contributed by atoms with E-state index in [-0.39, 0.29) is 6.10 Å². The van der Waals surface area contributed by atoms with Gasteiger partial charge in [0.15, 0.2) is 0 Å². The molecule has 0 aliphatic carbocycles. The van der Waals surface area contributed by atoms with Gasteiger partial charge in [0, 0.05) is 10.6 Å². The van der Waals surface area contributed by atoms with Crippen molar-refractivity contribution in [2.75, 3.05) is 0 Å². The highest BCUT2D eigenvalue weighted by molar-refractivity contribution is 6.30. The van der Waals surface area contributed by atoms with E-state index >= 15 is 0 Å². The van der Waals surface area contributed by atoms with Gasteiger partial charge in [0.05, 0.1) is 0 Å². The fourth-order valence-corrected chi connectivity index (χ4v) is 2.06. The van der Waals surface area contributed by atoms with Gasteiger partial charge in [-0.05, 0) is 36.8 Å². The van der Waals surface area contributed by atoms with Crippen molar-refractivity contribution in [3.05, 3.63) is 71.3 Å². The molecule has 92 valence electrons. The van der Waals surface area contributed by atoms with Crippen molar-refractivity contribution in [3.63, 3.8) is 0 Å². The first-order chi connectivity index (χ1) is 8.74. The summed E-state index contributed by atoms with van der Waals surface area (Å²) in [6.45, 7) is 5.71. The van der Waals surface area contributed by atoms with Crippen molar-refractivity contribution < 1.29 is 4.74 Å². The first-order valence-electron chi connectivity index (χ1n) is 5.84. The summed E-state index contributed by atoms with van der Waals surface area (Å²) >= 11 is 5.95. The Kier molecular flexibility index (Phi) is 4.06. The molecule has 0 amide bonds. The van der Waals surface area contributed by atoms with Gasteiger partial charge >= 0.3 is 0 Å². The van der Waals surface area contributed by atoms with E-state index in [0.717, 1.165) is 21.9 Å². The molecule has 0 fully saturated rings. The second-order valence-electron chi connectivity index (χ2n) is 3.98. The molecule has 18 heavy (non-hydrogen) atoms. The molecule has 0 saturated carbocycles. The van der Waals surface area contributed by atoms with Crippen LogP contribution >= 0.6 is 11.6 Å². The summed E-state index contributed by atoms with van der Waals surface area (Å²) in [5, 5.41) is 0.718. The number of benzene rings is 1. The second kappa shape index (κ2) is 5.74. The van der Waals surface area contributed by atoms with E-state index in [2.05, 4.69) is 6.58 Å². The molecule has 1 aromatic rings. The van der Waals surface area contributed by atoms with Gasteiger partial charge in [-0.15, -0.1) is 0 Å². The summed E-state index contributed by atoms with van der Waals surface area (Å²) in [6.07, 6.45) is 11.7. The van der Waals surface area contributed by atoms with E-state index in [1.165, 1.54) is 0 Å². The smallest absolute Gasteiger partial charge is 0.142 e. The van der Waals surface area contributed by atoms with E-state index < -0.39 is 0 Å². The number of allylic oxidation sites excluding steroid dienone is 3. The van der Waals surface area contributed by atoms with Crippen LogP contribution in [0, 0.1) is 0 Å². The minimum absolute atomic E-state index is 0.0760. The highest BCUT2D eigenvalue weighted by atomic mass is 35.5. The molecular formula is C16H15ClO. The van der Waals surface area contributed by atoms with Gasteiger partial charge in [-0.2, -0.15) is 0 Å². The Morgan fingerprint density at radius 1 is 1.44 bits per heavy atom. The molecule has 1 aromatic carbocycles. The van der Waals surface area contributed by atoms with Crippen molar-refractivity contribution in [1.29, 1.82) is 0 Å². The van der Waals surface area contributed by atoms with Gasteiger partial charge < -0.3 is 4.74 Å². The number of ether oxygens (including phenoxy) is 1. The Balaban J connectivity index is 2.30. The first kappa shape index (κ1) is 12.7. The minimum atomic E-state index is -0.0760. The SMILES string of the molecule is C=C/C=C(\C=C/C)C1C=Cc2cc(Cl)ccc2O1. The average Bonchev–Trinajstić information content (AvgIpc) is 2.38. The molecule has 0 saturated heterocycles. The van der Waals surface area contributed by atoms with Crippen LogP contribution in [-0.2, 0) is 0 Å². The molecule has 1 nitrogen and oxygen atoms in total. The summed E-state index contributed by atoms with van der Waals surface area (Å²) in [6, 6.07) is 5.63. The summed E-state index contributed by atoms with van der Waals surface area (Å²) in [4.78, 5) is 0. The quantitative estimate of drug-likeness (QED) is 0.708. The number of hydrogen-bond acceptors (Lipinski definition) is 1.